The van der Waals surface area contributed by atoms with Crippen LogP contribution in [-0.4, -0.2) is 24.3 Å². The largest absolute Gasteiger partial charge is 0.496 e. The molecule has 7 nitrogen and oxygen atoms in total. The number of fused-ring (bicyclic) bond motifs is 1. The smallest absolute Gasteiger partial charge is 0.338 e. The van der Waals surface area contributed by atoms with Gasteiger partial charge >= 0.3 is 5.97 Å². The fourth-order valence-corrected chi connectivity index (χ4v) is 6.34. The van der Waals surface area contributed by atoms with Crippen LogP contribution < -0.4 is 19.6 Å². The number of rotatable bonds is 6. The fraction of sp³-hybridized carbons (Fsp3) is 0.179. The molecule has 0 radical (unpaired) electrons. The van der Waals surface area contributed by atoms with Gasteiger partial charge in [-0.2, -0.15) is 0 Å². The number of allylic oxidation sites excluding steroid dienone is 1. The molecule has 200 valence electrons. The maximum Gasteiger partial charge on any atom is 0.338 e. The van der Waals surface area contributed by atoms with Gasteiger partial charge in [0.1, 0.15) is 17.3 Å². The number of methoxy groups -OCH3 is 1. The lowest BCUT2D eigenvalue weighted by molar-refractivity contribution is -0.139. The van der Waals surface area contributed by atoms with Crippen LogP contribution in [0.1, 0.15) is 31.2 Å². The second-order valence-electron chi connectivity index (χ2n) is 8.53. The third-order valence-corrected chi connectivity index (χ3v) is 8.95. The molecule has 0 N–H and O–H groups in total. The van der Waals surface area contributed by atoms with Gasteiger partial charge in [0.05, 0.1) is 45.1 Å². The minimum atomic E-state index is -0.735. The average Bonchev–Trinajstić information content (AvgIpc) is 3.49. The molecule has 0 saturated heterocycles. The fourth-order valence-electron chi connectivity index (χ4n) is 4.32. The molecule has 0 saturated carbocycles. The Morgan fingerprint density at radius 3 is 2.67 bits per heavy atom. The Balaban J connectivity index is 1.64. The highest BCUT2D eigenvalue weighted by molar-refractivity contribution is 9.10. The number of hydrogen-bond acceptors (Lipinski definition) is 7. The third-order valence-electron chi connectivity index (χ3n) is 6.11. The molecule has 39 heavy (non-hydrogen) atoms. The summed E-state index contributed by atoms with van der Waals surface area (Å²) in [5.41, 5.74) is 2.02. The zero-order chi connectivity index (χ0) is 27.8. The standard InChI is InChI=1S/C28H21Br2ClN2O5S/c1-4-37-27(35)24-14(2)32-28-33(25(24)16-6-9-22(36-3)19(30)11-16)26(34)23(39-28)13-17-7-10-21(38-17)15-5-8-18(29)20(31)12-15/h5-13,25H,4H2,1-3H3/b23-13-/t25-/m1/s1. The van der Waals surface area contributed by atoms with Gasteiger partial charge in [0, 0.05) is 16.1 Å². The minimum Gasteiger partial charge on any atom is -0.496 e. The number of halogens is 3. The summed E-state index contributed by atoms with van der Waals surface area (Å²) in [5, 5.41) is 0.566. The second-order valence-corrected chi connectivity index (χ2v) is 11.7. The first-order valence-electron chi connectivity index (χ1n) is 11.8. The number of nitrogens with zero attached hydrogens (tertiary/aromatic N) is 2. The van der Waals surface area contributed by atoms with E-state index in [1.807, 2.05) is 30.3 Å². The SMILES string of the molecule is CCOC(=O)C1=C(C)N=c2s/c(=C\c3ccc(-c4ccc(Br)c(Cl)c4)o3)c(=O)n2[C@@H]1c1ccc(OC)c(Br)c1. The zero-order valence-electron chi connectivity index (χ0n) is 21.0. The molecule has 0 fully saturated rings. The predicted molar refractivity (Wildman–Crippen MR) is 158 cm³/mol. The first-order valence-corrected chi connectivity index (χ1v) is 14.6. The van der Waals surface area contributed by atoms with Gasteiger partial charge in [0.25, 0.3) is 5.56 Å². The highest BCUT2D eigenvalue weighted by atomic mass is 79.9. The van der Waals surface area contributed by atoms with E-state index in [-0.39, 0.29) is 12.2 Å². The van der Waals surface area contributed by atoms with Crippen LogP contribution in [0.5, 0.6) is 5.75 Å². The van der Waals surface area contributed by atoms with Crippen LogP contribution >= 0.6 is 54.8 Å². The lowest BCUT2D eigenvalue weighted by Crippen LogP contribution is -2.39. The van der Waals surface area contributed by atoms with Crippen LogP contribution in [0.25, 0.3) is 17.4 Å². The van der Waals surface area contributed by atoms with Gasteiger partial charge in [-0.3, -0.25) is 9.36 Å². The van der Waals surface area contributed by atoms with Crippen molar-refractivity contribution in [1.82, 2.24) is 4.57 Å². The molecule has 0 aliphatic carbocycles. The summed E-state index contributed by atoms with van der Waals surface area (Å²) in [6, 6.07) is 13.9. The highest BCUT2D eigenvalue weighted by Crippen LogP contribution is 2.35. The van der Waals surface area contributed by atoms with Crippen molar-refractivity contribution in [3.05, 3.63) is 105 Å². The molecule has 1 aliphatic heterocycles. The Morgan fingerprint density at radius 2 is 1.97 bits per heavy atom. The van der Waals surface area contributed by atoms with Crippen LogP contribution in [0.4, 0.5) is 0 Å². The van der Waals surface area contributed by atoms with Crippen molar-refractivity contribution in [3.8, 4) is 17.1 Å². The van der Waals surface area contributed by atoms with Crippen LogP contribution in [0.2, 0.25) is 5.02 Å². The van der Waals surface area contributed by atoms with Crippen LogP contribution in [0.15, 0.2) is 83.0 Å². The third kappa shape index (κ3) is 5.30. The number of carbonyl (C=O) groups is 1. The molecule has 1 aliphatic rings. The monoisotopic (exact) mass is 690 g/mol. The van der Waals surface area contributed by atoms with E-state index in [0.717, 1.165) is 10.0 Å². The van der Waals surface area contributed by atoms with E-state index < -0.39 is 12.0 Å². The van der Waals surface area contributed by atoms with Gasteiger partial charge < -0.3 is 13.9 Å². The number of hydrogen-bond donors (Lipinski definition) is 0. The van der Waals surface area contributed by atoms with E-state index in [9.17, 15) is 9.59 Å². The topological polar surface area (TPSA) is 83.0 Å². The first kappa shape index (κ1) is 27.6. The zero-order valence-corrected chi connectivity index (χ0v) is 25.7. The van der Waals surface area contributed by atoms with Crippen LogP contribution in [0, 0.1) is 0 Å². The van der Waals surface area contributed by atoms with Crippen molar-refractivity contribution in [3.63, 3.8) is 0 Å². The van der Waals surface area contributed by atoms with Crippen molar-refractivity contribution in [2.24, 2.45) is 4.99 Å². The lowest BCUT2D eigenvalue weighted by Gasteiger charge is -2.25. The van der Waals surface area contributed by atoms with Crippen molar-refractivity contribution >= 4 is 66.8 Å². The molecule has 2 aromatic carbocycles. The Kier molecular flexibility index (Phi) is 8.00. The molecule has 11 heteroatoms. The van der Waals surface area contributed by atoms with Crippen LogP contribution in [0.3, 0.4) is 0 Å². The van der Waals surface area contributed by atoms with Crippen LogP contribution in [-0.2, 0) is 9.53 Å². The number of ether oxygens (including phenoxy) is 2. The van der Waals surface area contributed by atoms with Gasteiger partial charge in [0.15, 0.2) is 4.80 Å². The number of benzene rings is 2. The average molecular weight is 693 g/mol. The lowest BCUT2D eigenvalue weighted by atomic mass is 9.96. The summed E-state index contributed by atoms with van der Waals surface area (Å²) in [7, 11) is 1.57. The number of furan rings is 1. The van der Waals surface area contributed by atoms with Gasteiger partial charge in [0.2, 0.25) is 0 Å². The number of thiazole rings is 1. The summed E-state index contributed by atoms with van der Waals surface area (Å²) in [6.45, 7) is 3.68. The predicted octanol–water partition coefficient (Wildman–Crippen LogP) is 6.25. The van der Waals surface area contributed by atoms with E-state index in [1.165, 1.54) is 15.9 Å². The molecular formula is C28H21Br2ClN2O5S. The van der Waals surface area contributed by atoms with Gasteiger partial charge in [-0.25, -0.2) is 9.79 Å². The quantitative estimate of drug-likeness (QED) is 0.224. The minimum absolute atomic E-state index is 0.198. The summed E-state index contributed by atoms with van der Waals surface area (Å²) in [4.78, 5) is 32.0. The Hall–Kier alpha value is -2.92. The van der Waals surface area contributed by atoms with E-state index in [0.29, 0.717) is 52.9 Å². The molecule has 0 unspecified atom stereocenters. The van der Waals surface area contributed by atoms with E-state index in [4.69, 9.17) is 25.5 Å². The molecule has 5 rings (SSSR count). The molecule has 2 aromatic heterocycles. The Labute approximate surface area is 249 Å². The number of aromatic nitrogens is 1. The summed E-state index contributed by atoms with van der Waals surface area (Å²) in [5.74, 6) is 1.23. The van der Waals surface area contributed by atoms with Crippen molar-refractivity contribution in [2.45, 2.75) is 19.9 Å². The maximum absolute atomic E-state index is 13.8. The Bertz CT molecular complexity index is 1820. The number of esters is 1. The Morgan fingerprint density at radius 1 is 1.18 bits per heavy atom. The molecule has 0 spiro atoms. The molecule has 0 amide bonds. The molecule has 3 heterocycles. The molecule has 0 bridgehead atoms. The summed E-state index contributed by atoms with van der Waals surface area (Å²) < 4.78 is 20.2. The molecular weight excluding hydrogens is 672 g/mol. The van der Waals surface area contributed by atoms with Crippen molar-refractivity contribution < 1.29 is 18.7 Å². The summed E-state index contributed by atoms with van der Waals surface area (Å²) in [6.07, 6.45) is 1.68. The van der Waals surface area contributed by atoms with Gasteiger partial charge in [-0.15, -0.1) is 0 Å². The molecule has 4 aromatic rings. The summed E-state index contributed by atoms with van der Waals surface area (Å²) >= 11 is 14.4. The van der Waals surface area contributed by atoms with Gasteiger partial charge in [-0.1, -0.05) is 35.1 Å². The first-order chi connectivity index (χ1) is 18.7. The maximum atomic E-state index is 13.8. The van der Waals surface area contributed by atoms with E-state index in [1.54, 1.807) is 45.2 Å². The van der Waals surface area contributed by atoms with E-state index in [2.05, 4.69) is 36.9 Å². The van der Waals surface area contributed by atoms with Crippen molar-refractivity contribution in [1.29, 1.82) is 0 Å². The van der Waals surface area contributed by atoms with Crippen molar-refractivity contribution in [2.75, 3.05) is 13.7 Å². The normalized spacial score (nSPS) is 15.2. The molecule has 1 atom stereocenters. The van der Waals surface area contributed by atoms with Gasteiger partial charge in [-0.05, 0) is 87.7 Å². The second kappa shape index (κ2) is 11.3. The van der Waals surface area contributed by atoms with E-state index >= 15 is 0 Å². The number of carbonyl (C=O) groups excluding carboxylic acids is 1. The highest BCUT2D eigenvalue weighted by Gasteiger charge is 2.33.